The summed E-state index contributed by atoms with van der Waals surface area (Å²) in [6.45, 7) is 19.7. The van der Waals surface area contributed by atoms with E-state index in [2.05, 4.69) is 57.5 Å². The molecule has 0 heterocycles. The Morgan fingerprint density at radius 2 is 0.636 bits per heavy atom. The second kappa shape index (κ2) is 45.4. The van der Waals surface area contributed by atoms with Gasteiger partial charge in [-0.25, -0.2) is 12.1 Å². The van der Waals surface area contributed by atoms with Gasteiger partial charge in [0.2, 0.25) is 0 Å². The average Bonchev–Trinajstić information content (AvgIpc) is 3.40. The van der Waals surface area contributed by atoms with Crippen molar-refractivity contribution in [2.24, 2.45) is 0 Å². The fourth-order valence-electron chi connectivity index (χ4n) is 2.28. The van der Waals surface area contributed by atoms with E-state index in [4.69, 9.17) is 0 Å². The van der Waals surface area contributed by atoms with Gasteiger partial charge in [0.1, 0.15) is 0 Å². The van der Waals surface area contributed by atoms with Gasteiger partial charge in [0.05, 0.1) is 0 Å². The minimum atomic E-state index is 0. The molecule has 0 amide bonds. The monoisotopic (exact) mass is 497 g/mol. The second-order valence-corrected chi connectivity index (χ2v) is 8.10. The van der Waals surface area contributed by atoms with Crippen LogP contribution in [0.25, 0.3) is 16.0 Å². The van der Waals surface area contributed by atoms with Gasteiger partial charge < -0.3 is 16.0 Å². The molecule has 1 aromatic rings. The molecule has 0 unspecified atom stereocenters. The first-order chi connectivity index (χ1) is 15.7. The molecule has 0 radical (unpaired) electrons. The van der Waals surface area contributed by atoms with E-state index in [-0.39, 0.29) is 21.7 Å². The maximum absolute atomic E-state index is 4.35. The number of hydrogen-bond donors (Lipinski definition) is 0. The maximum atomic E-state index is 4.35. The first-order valence-corrected chi connectivity index (χ1v) is 13.8. The van der Waals surface area contributed by atoms with Crippen molar-refractivity contribution in [3.05, 3.63) is 46.3 Å². The van der Waals surface area contributed by atoms with Crippen molar-refractivity contribution in [1.82, 2.24) is 0 Å². The summed E-state index contributed by atoms with van der Waals surface area (Å²) in [6.07, 6.45) is 15.2. The molecule has 0 aliphatic carbocycles. The molecule has 33 heavy (non-hydrogen) atoms. The van der Waals surface area contributed by atoms with Crippen LogP contribution in [0.3, 0.4) is 0 Å². The van der Waals surface area contributed by atoms with Gasteiger partial charge in [-0.1, -0.05) is 119 Å². The van der Waals surface area contributed by atoms with Gasteiger partial charge in [-0.05, 0) is 0 Å². The van der Waals surface area contributed by atoms with Gasteiger partial charge in [-0.3, -0.25) is 0 Å². The van der Waals surface area contributed by atoms with E-state index in [9.17, 15) is 0 Å². The number of rotatable bonds is 18. The number of unbranched alkanes of at least 4 members (excludes halogenated alkanes) is 6. The summed E-state index contributed by atoms with van der Waals surface area (Å²) in [7, 11) is 0. The summed E-state index contributed by atoms with van der Waals surface area (Å²) in [5.41, 5.74) is 0. The van der Waals surface area contributed by atoms with E-state index in [0.29, 0.717) is 0 Å². The summed E-state index contributed by atoms with van der Waals surface area (Å²) in [5.74, 6) is 0. The smallest absolute Gasteiger partial charge is 0.662 e. The van der Waals surface area contributed by atoms with Crippen molar-refractivity contribution in [2.45, 2.75) is 119 Å². The van der Waals surface area contributed by atoms with Gasteiger partial charge in [-0.15, -0.1) is 39.3 Å². The third kappa shape index (κ3) is 54.4. The zero-order valence-corrected chi connectivity index (χ0v) is 25.0. The van der Waals surface area contributed by atoms with Crippen molar-refractivity contribution in [3.8, 4) is 0 Å². The number of nitrogens with zero attached hydrogens (tertiary/aromatic N) is 3. The quantitative estimate of drug-likeness (QED) is 0.110. The molecule has 1 rings (SSSR count). The Labute approximate surface area is 225 Å². The van der Waals surface area contributed by atoms with E-state index >= 15 is 0 Å². The predicted octanol–water partition coefficient (Wildman–Crippen LogP) is 10.3. The Balaban J connectivity index is -0.000000171. The molecule has 4 heteroatoms. The van der Waals surface area contributed by atoms with Crippen molar-refractivity contribution in [1.29, 1.82) is 0 Å². The van der Waals surface area contributed by atoms with E-state index < -0.39 is 0 Å². The molecule has 0 saturated heterocycles. The van der Waals surface area contributed by atoms with Crippen LogP contribution < -0.4 is 0 Å². The topological polar surface area (TPSA) is 42.3 Å². The third-order valence-corrected chi connectivity index (χ3v) is 4.57. The zero-order valence-electron chi connectivity index (χ0n) is 23.5. The predicted molar refractivity (Wildman–Crippen MR) is 151 cm³/mol. The van der Waals surface area contributed by atoms with Crippen molar-refractivity contribution >= 4 is 0 Å². The average molecular weight is 498 g/mol. The van der Waals surface area contributed by atoms with E-state index in [1.165, 1.54) is 77.0 Å². The van der Waals surface area contributed by atoms with Crippen molar-refractivity contribution in [3.63, 3.8) is 0 Å². The number of hydrogen-bond acceptors (Lipinski definition) is 0. The minimum absolute atomic E-state index is 0. The summed E-state index contributed by atoms with van der Waals surface area (Å²) in [5, 5.41) is 13.1. The first-order valence-electron chi connectivity index (χ1n) is 13.8. The Morgan fingerprint density at radius 1 is 0.424 bits per heavy atom. The van der Waals surface area contributed by atoms with Crippen LogP contribution >= 0.6 is 0 Å². The van der Waals surface area contributed by atoms with Crippen LogP contribution in [0.1, 0.15) is 119 Å². The molecular weight excluding hydrogens is 438 g/mol. The maximum Gasteiger partial charge on any atom is 4.00 e. The standard InChI is InChI=1S/3C8H18N.C5H5.Ti/c3*1-3-5-7-9-8-6-4-2;1-2-4-5-3-1;/h3*3-8H2,1-2H3;1-5H;/q4*-1;+4. The second-order valence-electron chi connectivity index (χ2n) is 8.10. The van der Waals surface area contributed by atoms with Gasteiger partial charge in [0, 0.05) is 0 Å². The Kier molecular flexibility index (Phi) is 55.3. The van der Waals surface area contributed by atoms with E-state index in [1.54, 1.807) is 0 Å². The summed E-state index contributed by atoms with van der Waals surface area (Å²) in [4.78, 5) is 0. The van der Waals surface area contributed by atoms with Crippen LogP contribution in [-0.4, -0.2) is 39.3 Å². The van der Waals surface area contributed by atoms with E-state index in [1.807, 2.05) is 30.3 Å². The van der Waals surface area contributed by atoms with Crippen LogP contribution in [0.4, 0.5) is 0 Å². The van der Waals surface area contributed by atoms with Gasteiger partial charge >= 0.3 is 21.7 Å². The fraction of sp³-hybridized carbons (Fsp3) is 0.828. The van der Waals surface area contributed by atoms with Crippen LogP contribution in [0.15, 0.2) is 30.3 Å². The van der Waals surface area contributed by atoms with Gasteiger partial charge in [0.15, 0.2) is 0 Å². The van der Waals surface area contributed by atoms with Crippen molar-refractivity contribution < 1.29 is 21.7 Å². The molecule has 0 spiro atoms. The molecule has 0 aromatic heterocycles. The molecule has 0 atom stereocenters. The molecule has 1 aromatic carbocycles. The Bertz CT molecular complexity index is 276. The largest absolute Gasteiger partial charge is 4.00 e. The Morgan fingerprint density at radius 3 is 0.758 bits per heavy atom. The minimum Gasteiger partial charge on any atom is -0.662 e. The van der Waals surface area contributed by atoms with Crippen LogP contribution in [0.2, 0.25) is 0 Å². The fourth-order valence-corrected chi connectivity index (χ4v) is 2.28. The van der Waals surface area contributed by atoms with Crippen molar-refractivity contribution in [2.75, 3.05) is 39.3 Å². The SMILES string of the molecule is CCCC[N-]CCCC.CCCC[N-]CCCC.CCCC[N-]CCCC.[Ti+4].c1cc[cH-]c1. The molecule has 3 nitrogen and oxygen atoms in total. The Hall–Kier alpha value is -0.0557. The summed E-state index contributed by atoms with van der Waals surface area (Å²) >= 11 is 0. The molecular formula is C29H59N3Ti. The summed E-state index contributed by atoms with van der Waals surface area (Å²) in [6, 6.07) is 10.0. The van der Waals surface area contributed by atoms with Gasteiger partial charge in [-0.2, -0.15) is 18.2 Å². The molecule has 0 fully saturated rings. The van der Waals surface area contributed by atoms with Gasteiger partial charge in [0.25, 0.3) is 0 Å². The van der Waals surface area contributed by atoms with Crippen LogP contribution in [0, 0.1) is 0 Å². The summed E-state index contributed by atoms with van der Waals surface area (Å²) < 4.78 is 0. The molecule has 0 aliphatic rings. The molecule has 0 bridgehead atoms. The van der Waals surface area contributed by atoms with Crippen LogP contribution in [0.5, 0.6) is 0 Å². The molecule has 194 valence electrons. The zero-order chi connectivity index (χ0) is 24.4. The first kappa shape index (κ1) is 40.1. The third-order valence-electron chi connectivity index (χ3n) is 4.57. The normalized spacial score (nSPS) is 9.39. The van der Waals surface area contributed by atoms with Crippen LogP contribution in [-0.2, 0) is 21.7 Å². The molecule has 0 aliphatic heterocycles. The van der Waals surface area contributed by atoms with E-state index in [0.717, 1.165) is 39.3 Å². The molecule has 0 saturated carbocycles. The molecule has 0 N–H and O–H groups in total.